The van der Waals surface area contributed by atoms with Crippen LogP contribution in [0.1, 0.15) is 50.4 Å². The summed E-state index contributed by atoms with van der Waals surface area (Å²) in [5, 5.41) is 10.7. The molecular formula is C24H25N5O2S. The Morgan fingerprint density at radius 2 is 1.78 bits per heavy atom. The van der Waals surface area contributed by atoms with E-state index < -0.39 is 0 Å². The molecule has 164 valence electrons. The van der Waals surface area contributed by atoms with Gasteiger partial charge in [0.1, 0.15) is 0 Å². The number of carbonyl (C=O) groups is 2. The van der Waals surface area contributed by atoms with Crippen LogP contribution in [0.5, 0.6) is 0 Å². The highest BCUT2D eigenvalue weighted by Crippen LogP contribution is 2.32. The number of anilines is 1. The Balaban J connectivity index is 1.77. The molecule has 3 aromatic heterocycles. The van der Waals surface area contributed by atoms with Crippen molar-refractivity contribution in [1.82, 2.24) is 20.1 Å². The Hall–Kier alpha value is -3.52. The standard InChI is InChI=1S/C24H25N5O2S/c1-13(2)29-22-20(12-26-29)19(11-21(28-22)18-10-14(3)32-15(18)4)24(31)27-17-8-6-16(7-9-17)23(30)25-5/h6-13H,1-5H3,(H,25,30)(H,27,31). The number of hydrogen-bond donors (Lipinski definition) is 2. The summed E-state index contributed by atoms with van der Waals surface area (Å²) >= 11 is 1.71. The lowest BCUT2D eigenvalue weighted by Crippen LogP contribution is -2.18. The number of carbonyl (C=O) groups excluding carboxylic acids is 2. The number of nitrogens with zero attached hydrogens (tertiary/aromatic N) is 3. The van der Waals surface area contributed by atoms with Crippen LogP contribution >= 0.6 is 11.3 Å². The van der Waals surface area contributed by atoms with Crippen LogP contribution in [0.3, 0.4) is 0 Å². The molecule has 4 aromatic rings. The lowest BCUT2D eigenvalue weighted by atomic mass is 10.1. The van der Waals surface area contributed by atoms with Gasteiger partial charge in [-0.2, -0.15) is 5.10 Å². The minimum absolute atomic E-state index is 0.105. The summed E-state index contributed by atoms with van der Waals surface area (Å²) in [6.45, 7) is 8.20. The van der Waals surface area contributed by atoms with Crippen molar-refractivity contribution in [3.8, 4) is 11.3 Å². The summed E-state index contributed by atoms with van der Waals surface area (Å²) in [5.41, 5.74) is 4.10. The van der Waals surface area contributed by atoms with Crippen molar-refractivity contribution in [1.29, 1.82) is 0 Å². The molecule has 0 atom stereocenters. The maximum absolute atomic E-state index is 13.3. The largest absolute Gasteiger partial charge is 0.355 e. The van der Waals surface area contributed by atoms with Crippen LogP contribution in [0.25, 0.3) is 22.3 Å². The molecule has 0 aliphatic heterocycles. The van der Waals surface area contributed by atoms with Crippen LogP contribution in [0.15, 0.2) is 42.6 Å². The van der Waals surface area contributed by atoms with E-state index >= 15 is 0 Å². The third-order valence-electron chi connectivity index (χ3n) is 5.25. The average Bonchev–Trinajstić information content (AvgIpc) is 3.35. The van der Waals surface area contributed by atoms with Crippen LogP contribution < -0.4 is 10.6 Å². The molecule has 2 amide bonds. The highest BCUT2D eigenvalue weighted by Gasteiger charge is 2.20. The van der Waals surface area contributed by atoms with E-state index in [1.54, 1.807) is 48.8 Å². The zero-order chi connectivity index (χ0) is 23.0. The maximum atomic E-state index is 13.3. The predicted molar refractivity (Wildman–Crippen MR) is 128 cm³/mol. The van der Waals surface area contributed by atoms with Gasteiger partial charge >= 0.3 is 0 Å². The van der Waals surface area contributed by atoms with Gasteiger partial charge in [-0.3, -0.25) is 9.59 Å². The number of thiophene rings is 1. The Morgan fingerprint density at radius 3 is 2.38 bits per heavy atom. The van der Waals surface area contributed by atoms with Crippen LogP contribution in [-0.4, -0.2) is 33.6 Å². The summed E-state index contributed by atoms with van der Waals surface area (Å²) in [7, 11) is 1.58. The molecule has 2 N–H and O–H groups in total. The summed E-state index contributed by atoms with van der Waals surface area (Å²) in [6, 6.07) is 10.8. The van der Waals surface area contributed by atoms with E-state index in [1.807, 2.05) is 24.6 Å². The molecule has 0 aliphatic carbocycles. The average molecular weight is 448 g/mol. The topological polar surface area (TPSA) is 88.9 Å². The number of nitrogens with one attached hydrogen (secondary N) is 2. The first-order valence-corrected chi connectivity index (χ1v) is 11.2. The zero-order valence-electron chi connectivity index (χ0n) is 18.7. The number of fused-ring (bicyclic) bond motifs is 1. The Bertz CT molecular complexity index is 1320. The SMILES string of the molecule is CNC(=O)c1ccc(NC(=O)c2cc(-c3cc(C)sc3C)nc3c2cnn3C(C)C)cc1. The van der Waals surface area contributed by atoms with Gasteiger partial charge in [0.15, 0.2) is 5.65 Å². The first-order valence-electron chi connectivity index (χ1n) is 10.4. The van der Waals surface area contributed by atoms with Crippen molar-refractivity contribution in [2.24, 2.45) is 0 Å². The van der Waals surface area contributed by atoms with E-state index in [0.29, 0.717) is 27.8 Å². The van der Waals surface area contributed by atoms with Gasteiger partial charge in [-0.25, -0.2) is 9.67 Å². The molecule has 0 unspecified atom stereocenters. The van der Waals surface area contributed by atoms with E-state index in [4.69, 9.17) is 4.98 Å². The molecule has 8 heteroatoms. The van der Waals surface area contributed by atoms with E-state index in [2.05, 4.69) is 35.6 Å². The van der Waals surface area contributed by atoms with Crippen molar-refractivity contribution in [2.45, 2.75) is 33.7 Å². The fourth-order valence-corrected chi connectivity index (χ4v) is 4.59. The van der Waals surface area contributed by atoms with Gasteiger partial charge in [0, 0.05) is 39.7 Å². The van der Waals surface area contributed by atoms with Crippen molar-refractivity contribution < 1.29 is 9.59 Å². The normalized spacial score (nSPS) is 11.2. The molecule has 0 bridgehead atoms. The van der Waals surface area contributed by atoms with Crippen LogP contribution in [0.2, 0.25) is 0 Å². The fourth-order valence-electron chi connectivity index (χ4n) is 3.65. The number of aromatic nitrogens is 3. The van der Waals surface area contributed by atoms with Gasteiger partial charge in [-0.1, -0.05) is 0 Å². The molecular weight excluding hydrogens is 422 g/mol. The monoisotopic (exact) mass is 447 g/mol. The molecule has 4 rings (SSSR count). The number of amides is 2. The highest BCUT2D eigenvalue weighted by molar-refractivity contribution is 7.12. The number of pyridine rings is 1. The molecule has 0 saturated carbocycles. The number of hydrogen-bond acceptors (Lipinski definition) is 5. The van der Waals surface area contributed by atoms with Gasteiger partial charge in [0.25, 0.3) is 11.8 Å². The molecule has 0 aliphatic rings. The van der Waals surface area contributed by atoms with Crippen molar-refractivity contribution in [3.63, 3.8) is 0 Å². The zero-order valence-corrected chi connectivity index (χ0v) is 19.5. The second-order valence-corrected chi connectivity index (χ2v) is 9.37. The van der Waals surface area contributed by atoms with Gasteiger partial charge in [0.05, 0.1) is 22.8 Å². The van der Waals surface area contributed by atoms with Gasteiger partial charge in [0.2, 0.25) is 0 Å². The fraction of sp³-hybridized carbons (Fsp3) is 0.250. The maximum Gasteiger partial charge on any atom is 0.256 e. The second-order valence-electron chi connectivity index (χ2n) is 7.91. The lowest BCUT2D eigenvalue weighted by molar-refractivity contribution is 0.0962. The second kappa shape index (κ2) is 8.55. The number of rotatable bonds is 5. The first kappa shape index (κ1) is 21.7. The number of benzene rings is 1. The van der Waals surface area contributed by atoms with E-state index in [0.717, 1.165) is 16.1 Å². The minimum Gasteiger partial charge on any atom is -0.355 e. The van der Waals surface area contributed by atoms with Crippen molar-refractivity contribution in [3.05, 3.63) is 63.5 Å². The third-order valence-corrected chi connectivity index (χ3v) is 6.22. The van der Waals surface area contributed by atoms with E-state index in [9.17, 15) is 9.59 Å². The lowest BCUT2D eigenvalue weighted by Gasteiger charge is -2.11. The highest BCUT2D eigenvalue weighted by atomic mass is 32.1. The molecule has 0 fully saturated rings. The quantitative estimate of drug-likeness (QED) is 0.452. The summed E-state index contributed by atoms with van der Waals surface area (Å²) in [6.07, 6.45) is 1.70. The van der Waals surface area contributed by atoms with Gasteiger partial charge < -0.3 is 10.6 Å². The van der Waals surface area contributed by atoms with Gasteiger partial charge in [-0.15, -0.1) is 11.3 Å². The Labute approximate surface area is 190 Å². The molecule has 3 heterocycles. The van der Waals surface area contributed by atoms with Gasteiger partial charge in [-0.05, 0) is 64.1 Å². The molecule has 0 saturated heterocycles. The third kappa shape index (κ3) is 4.01. The molecule has 1 aromatic carbocycles. The number of aryl methyl sites for hydroxylation is 2. The van der Waals surface area contributed by atoms with Crippen molar-refractivity contribution in [2.75, 3.05) is 12.4 Å². The molecule has 32 heavy (non-hydrogen) atoms. The van der Waals surface area contributed by atoms with Crippen LogP contribution in [-0.2, 0) is 0 Å². The smallest absolute Gasteiger partial charge is 0.256 e. The molecule has 7 nitrogen and oxygen atoms in total. The van der Waals surface area contributed by atoms with E-state index in [1.165, 1.54) is 4.88 Å². The molecule has 0 radical (unpaired) electrons. The predicted octanol–water partition coefficient (Wildman–Crippen LogP) is 4.97. The van der Waals surface area contributed by atoms with Crippen molar-refractivity contribution >= 4 is 39.9 Å². The first-order chi connectivity index (χ1) is 15.3. The molecule has 0 spiro atoms. The Morgan fingerprint density at radius 1 is 1.06 bits per heavy atom. The van der Waals surface area contributed by atoms with Crippen LogP contribution in [0.4, 0.5) is 5.69 Å². The van der Waals surface area contributed by atoms with E-state index in [-0.39, 0.29) is 17.9 Å². The van der Waals surface area contributed by atoms with Crippen LogP contribution in [0, 0.1) is 13.8 Å². The summed E-state index contributed by atoms with van der Waals surface area (Å²) in [4.78, 5) is 32.3. The summed E-state index contributed by atoms with van der Waals surface area (Å²) < 4.78 is 1.84. The minimum atomic E-state index is -0.251. The summed E-state index contributed by atoms with van der Waals surface area (Å²) in [5.74, 6) is -0.426. The Kier molecular flexibility index (Phi) is 5.80.